The van der Waals surface area contributed by atoms with Crippen LogP contribution in [0.3, 0.4) is 0 Å². The number of aryl methyl sites for hydroxylation is 2. The highest BCUT2D eigenvalue weighted by atomic mass is 35.5. The van der Waals surface area contributed by atoms with Gasteiger partial charge in [0.05, 0.1) is 28.7 Å². The zero-order valence-corrected chi connectivity index (χ0v) is 18.3. The van der Waals surface area contributed by atoms with Crippen molar-refractivity contribution in [2.24, 2.45) is 5.92 Å². The number of carbonyl (C=O) groups excluding carboxylic acids is 2. The molecule has 0 spiro atoms. The molecule has 1 unspecified atom stereocenters. The maximum Gasteiger partial charge on any atom is 0.337 e. The fourth-order valence-corrected chi connectivity index (χ4v) is 4.34. The highest BCUT2D eigenvalue weighted by molar-refractivity contribution is 7.15. The Morgan fingerprint density at radius 3 is 2.73 bits per heavy atom. The zero-order chi connectivity index (χ0) is 21.8. The normalized spacial score (nSPS) is 16.8. The van der Waals surface area contributed by atoms with Gasteiger partial charge in [0, 0.05) is 17.1 Å². The molecule has 1 fully saturated rings. The lowest BCUT2D eigenvalue weighted by atomic mass is 9.97. The van der Waals surface area contributed by atoms with Crippen molar-refractivity contribution in [1.82, 2.24) is 9.88 Å². The quantitative estimate of drug-likeness (QED) is 0.621. The van der Waals surface area contributed by atoms with Gasteiger partial charge in [0.25, 0.3) is 0 Å². The summed E-state index contributed by atoms with van der Waals surface area (Å²) in [6, 6.07) is 4.35. The van der Waals surface area contributed by atoms with Crippen LogP contribution in [-0.2, 0) is 9.59 Å². The minimum atomic E-state index is -1.16. The molecule has 0 saturated carbocycles. The fraction of sp³-hybridized carbons (Fsp3) is 0.400. The molecule has 0 bridgehead atoms. The van der Waals surface area contributed by atoms with Crippen LogP contribution in [0.1, 0.15) is 33.8 Å². The SMILES string of the molecule is Cc1nc(NC(=O)CN2CCCC(C(=O)Nc3ccc(Cl)c(C(=O)O)c3)C2)sc1C. The molecule has 0 radical (unpaired) electrons. The predicted octanol–water partition coefficient (Wildman–Crippen LogP) is 3.40. The summed E-state index contributed by atoms with van der Waals surface area (Å²) in [5.41, 5.74) is 1.22. The van der Waals surface area contributed by atoms with Crippen molar-refractivity contribution in [2.45, 2.75) is 26.7 Å². The molecule has 2 amide bonds. The van der Waals surface area contributed by atoms with Gasteiger partial charge in [-0.05, 0) is 51.4 Å². The average Bonchev–Trinajstić information content (AvgIpc) is 3.00. The fourth-order valence-electron chi connectivity index (χ4n) is 3.31. The molecule has 1 aromatic carbocycles. The van der Waals surface area contributed by atoms with E-state index in [1.54, 1.807) is 6.07 Å². The molecular weight excluding hydrogens is 428 g/mol. The van der Waals surface area contributed by atoms with Crippen LogP contribution < -0.4 is 10.6 Å². The van der Waals surface area contributed by atoms with E-state index in [-0.39, 0.29) is 34.9 Å². The van der Waals surface area contributed by atoms with Crippen LogP contribution in [0.4, 0.5) is 10.8 Å². The lowest BCUT2D eigenvalue weighted by Crippen LogP contribution is -2.44. The minimum Gasteiger partial charge on any atom is -0.478 e. The Morgan fingerprint density at radius 2 is 2.07 bits per heavy atom. The van der Waals surface area contributed by atoms with Crippen molar-refractivity contribution in [1.29, 1.82) is 0 Å². The molecule has 1 atom stereocenters. The molecule has 1 saturated heterocycles. The Labute approximate surface area is 183 Å². The van der Waals surface area contributed by atoms with Gasteiger partial charge in [-0.2, -0.15) is 0 Å². The topological polar surface area (TPSA) is 112 Å². The molecule has 1 aliphatic heterocycles. The van der Waals surface area contributed by atoms with E-state index in [1.165, 1.54) is 23.5 Å². The van der Waals surface area contributed by atoms with Crippen molar-refractivity contribution in [3.63, 3.8) is 0 Å². The summed E-state index contributed by atoms with van der Waals surface area (Å²) < 4.78 is 0. The molecule has 3 rings (SSSR count). The molecule has 30 heavy (non-hydrogen) atoms. The van der Waals surface area contributed by atoms with E-state index in [4.69, 9.17) is 16.7 Å². The third kappa shape index (κ3) is 5.56. The van der Waals surface area contributed by atoms with Crippen molar-refractivity contribution in [3.05, 3.63) is 39.4 Å². The van der Waals surface area contributed by atoms with Crippen LogP contribution in [0, 0.1) is 19.8 Å². The molecule has 2 aromatic rings. The number of benzene rings is 1. The summed E-state index contributed by atoms with van der Waals surface area (Å²) in [5.74, 6) is -1.81. The molecule has 1 aliphatic rings. The van der Waals surface area contributed by atoms with Gasteiger partial charge in [-0.15, -0.1) is 11.3 Å². The first kappa shape index (κ1) is 22.2. The second-order valence-electron chi connectivity index (χ2n) is 7.27. The number of halogens is 1. The molecule has 8 nitrogen and oxygen atoms in total. The second-order valence-corrected chi connectivity index (χ2v) is 8.88. The van der Waals surface area contributed by atoms with Gasteiger partial charge in [-0.25, -0.2) is 9.78 Å². The second kappa shape index (κ2) is 9.55. The lowest BCUT2D eigenvalue weighted by molar-refractivity contribution is -0.123. The van der Waals surface area contributed by atoms with Crippen molar-refractivity contribution < 1.29 is 19.5 Å². The molecule has 3 N–H and O–H groups in total. The van der Waals surface area contributed by atoms with Crippen LogP contribution >= 0.6 is 22.9 Å². The number of likely N-dealkylation sites (tertiary alicyclic amines) is 1. The average molecular weight is 451 g/mol. The summed E-state index contributed by atoms with van der Waals surface area (Å²) in [4.78, 5) is 43.5. The Bertz CT molecular complexity index is 958. The van der Waals surface area contributed by atoms with Crippen LogP contribution in [0.15, 0.2) is 18.2 Å². The zero-order valence-electron chi connectivity index (χ0n) is 16.7. The summed E-state index contributed by atoms with van der Waals surface area (Å²) >= 11 is 7.31. The Balaban J connectivity index is 1.56. The number of aromatic carboxylic acids is 1. The van der Waals surface area contributed by atoms with Crippen molar-refractivity contribution in [2.75, 3.05) is 30.3 Å². The van der Waals surface area contributed by atoms with Gasteiger partial charge < -0.3 is 15.7 Å². The number of hydrogen-bond donors (Lipinski definition) is 3. The van der Waals surface area contributed by atoms with Gasteiger partial charge in [0.15, 0.2) is 5.13 Å². The first-order chi connectivity index (χ1) is 14.2. The Morgan fingerprint density at radius 1 is 1.30 bits per heavy atom. The van der Waals surface area contributed by atoms with E-state index in [1.807, 2.05) is 18.7 Å². The molecular formula is C20H23ClN4O4S. The van der Waals surface area contributed by atoms with Crippen molar-refractivity contribution >= 4 is 51.5 Å². The number of piperidine rings is 1. The van der Waals surface area contributed by atoms with Gasteiger partial charge in [-0.1, -0.05) is 11.6 Å². The summed E-state index contributed by atoms with van der Waals surface area (Å²) in [5, 5.41) is 15.4. The summed E-state index contributed by atoms with van der Waals surface area (Å²) in [6.45, 7) is 5.23. The molecule has 10 heteroatoms. The number of nitrogens with zero attached hydrogens (tertiary/aromatic N) is 2. The van der Waals surface area contributed by atoms with Crippen LogP contribution in [0.5, 0.6) is 0 Å². The summed E-state index contributed by atoms with van der Waals surface area (Å²) in [7, 11) is 0. The molecule has 0 aliphatic carbocycles. The van der Waals surface area contributed by atoms with Gasteiger partial charge in [0.2, 0.25) is 11.8 Å². The van der Waals surface area contributed by atoms with Gasteiger partial charge >= 0.3 is 5.97 Å². The molecule has 2 heterocycles. The largest absolute Gasteiger partial charge is 0.478 e. The number of hydrogen-bond acceptors (Lipinski definition) is 6. The number of amides is 2. The van der Waals surface area contributed by atoms with E-state index in [0.717, 1.165) is 23.5 Å². The number of carboxylic acids is 1. The molecule has 1 aromatic heterocycles. The van der Waals surface area contributed by atoms with E-state index in [2.05, 4.69) is 15.6 Å². The number of thiazole rings is 1. The monoisotopic (exact) mass is 450 g/mol. The number of aromatic nitrogens is 1. The van der Waals surface area contributed by atoms with Crippen LogP contribution in [0.2, 0.25) is 5.02 Å². The number of rotatable bonds is 6. The Kier molecular flexibility index (Phi) is 7.06. The maximum absolute atomic E-state index is 12.7. The highest BCUT2D eigenvalue weighted by Crippen LogP contribution is 2.24. The number of carbonyl (C=O) groups is 3. The van der Waals surface area contributed by atoms with Crippen LogP contribution in [-0.4, -0.2) is 52.4 Å². The molecule has 160 valence electrons. The van der Waals surface area contributed by atoms with Gasteiger partial charge in [0.1, 0.15) is 0 Å². The van der Waals surface area contributed by atoms with Gasteiger partial charge in [-0.3, -0.25) is 14.5 Å². The van der Waals surface area contributed by atoms with Crippen molar-refractivity contribution in [3.8, 4) is 0 Å². The lowest BCUT2D eigenvalue weighted by Gasteiger charge is -2.31. The number of carboxylic acid groups (broad SMARTS) is 1. The number of anilines is 2. The Hall–Kier alpha value is -2.49. The highest BCUT2D eigenvalue weighted by Gasteiger charge is 2.27. The van der Waals surface area contributed by atoms with Crippen LogP contribution in [0.25, 0.3) is 0 Å². The van der Waals surface area contributed by atoms with E-state index in [0.29, 0.717) is 23.8 Å². The first-order valence-corrected chi connectivity index (χ1v) is 10.7. The third-order valence-electron chi connectivity index (χ3n) is 4.98. The maximum atomic E-state index is 12.7. The van der Waals surface area contributed by atoms with E-state index >= 15 is 0 Å². The standard InChI is InChI=1S/C20H23ClN4O4S/c1-11-12(2)30-20(22-11)24-17(26)10-25-7-3-4-13(9-25)18(27)23-14-5-6-16(21)15(8-14)19(28)29/h5-6,8,13H,3-4,7,9-10H2,1-2H3,(H,23,27)(H,28,29)(H,22,24,26). The number of nitrogens with one attached hydrogen (secondary N) is 2. The van der Waals surface area contributed by atoms with E-state index in [9.17, 15) is 14.4 Å². The first-order valence-electron chi connectivity index (χ1n) is 9.53. The van der Waals surface area contributed by atoms with E-state index < -0.39 is 5.97 Å². The smallest absolute Gasteiger partial charge is 0.337 e. The predicted molar refractivity (Wildman–Crippen MR) is 116 cm³/mol. The summed E-state index contributed by atoms with van der Waals surface area (Å²) in [6.07, 6.45) is 1.50. The minimum absolute atomic E-state index is 0.0657. The third-order valence-corrected chi connectivity index (χ3v) is 6.30.